The molecule has 1 heterocycles. The molecule has 0 fully saturated rings. The second kappa shape index (κ2) is 11.8. The number of nitrogens with zero attached hydrogens (tertiary/aromatic N) is 2. The van der Waals surface area contributed by atoms with Gasteiger partial charge in [-0.25, -0.2) is 4.79 Å². The Morgan fingerprint density at radius 1 is 0.939 bits per heavy atom. The monoisotopic (exact) mass is 454 g/mol. The van der Waals surface area contributed by atoms with Crippen LogP contribution in [0.5, 0.6) is 11.5 Å². The van der Waals surface area contributed by atoms with Crippen molar-refractivity contribution in [2.45, 2.75) is 13.0 Å². The number of aromatic nitrogens is 2. The van der Waals surface area contributed by atoms with Gasteiger partial charge in [0, 0.05) is 20.3 Å². The molecular formula is C24H30N4O5. The van der Waals surface area contributed by atoms with E-state index in [1.54, 1.807) is 14.2 Å². The van der Waals surface area contributed by atoms with Gasteiger partial charge in [-0.1, -0.05) is 30.3 Å². The first-order chi connectivity index (χ1) is 16.0. The highest BCUT2D eigenvalue weighted by molar-refractivity contribution is 5.62. The zero-order valence-corrected chi connectivity index (χ0v) is 19.0. The van der Waals surface area contributed by atoms with E-state index in [0.717, 1.165) is 11.3 Å². The summed E-state index contributed by atoms with van der Waals surface area (Å²) in [7, 11) is 3.23. The lowest BCUT2D eigenvalue weighted by atomic mass is 10.2. The van der Waals surface area contributed by atoms with Crippen LogP contribution in [0.2, 0.25) is 0 Å². The highest BCUT2D eigenvalue weighted by atomic mass is 16.5. The summed E-state index contributed by atoms with van der Waals surface area (Å²) in [5.74, 6) is 1.54. The molecule has 2 aromatic carbocycles. The van der Waals surface area contributed by atoms with Gasteiger partial charge in [0.25, 0.3) is 5.56 Å². The number of nitrogens with one attached hydrogen (secondary N) is 1. The molecule has 0 atom stereocenters. The summed E-state index contributed by atoms with van der Waals surface area (Å²) in [5, 5.41) is 0. The molecule has 0 saturated carbocycles. The minimum Gasteiger partial charge on any atom is -0.497 e. The van der Waals surface area contributed by atoms with Crippen molar-refractivity contribution in [1.82, 2.24) is 9.55 Å². The maximum Gasteiger partial charge on any atom is 0.330 e. The average molecular weight is 455 g/mol. The van der Waals surface area contributed by atoms with Crippen LogP contribution in [0, 0.1) is 0 Å². The van der Waals surface area contributed by atoms with Crippen molar-refractivity contribution in [1.29, 1.82) is 0 Å². The molecule has 176 valence electrons. The van der Waals surface area contributed by atoms with Gasteiger partial charge in [0.1, 0.15) is 29.6 Å². The molecule has 0 amide bonds. The Balaban J connectivity index is 1.83. The van der Waals surface area contributed by atoms with E-state index in [4.69, 9.17) is 19.9 Å². The van der Waals surface area contributed by atoms with E-state index < -0.39 is 11.2 Å². The number of nitrogens with two attached hydrogens (primary N) is 1. The van der Waals surface area contributed by atoms with Crippen LogP contribution in [-0.2, 0) is 11.3 Å². The largest absolute Gasteiger partial charge is 0.497 e. The molecule has 3 aromatic rings. The Morgan fingerprint density at radius 3 is 2.30 bits per heavy atom. The molecule has 1 aromatic heterocycles. The summed E-state index contributed by atoms with van der Waals surface area (Å²) in [6, 6.07) is 16.7. The van der Waals surface area contributed by atoms with Gasteiger partial charge in [-0.05, 0) is 36.2 Å². The molecule has 0 spiro atoms. The van der Waals surface area contributed by atoms with Crippen LogP contribution in [0.3, 0.4) is 0 Å². The summed E-state index contributed by atoms with van der Waals surface area (Å²) in [6.07, 6.45) is 0.676. The normalized spacial score (nSPS) is 10.7. The molecular weight excluding hydrogens is 424 g/mol. The quantitative estimate of drug-likeness (QED) is 0.403. The molecule has 0 bridgehead atoms. The summed E-state index contributed by atoms with van der Waals surface area (Å²) in [4.78, 5) is 29.5. The molecule has 0 aliphatic rings. The Bertz CT molecular complexity index is 1130. The van der Waals surface area contributed by atoms with E-state index in [0.29, 0.717) is 38.5 Å². The second-order valence-corrected chi connectivity index (χ2v) is 7.42. The molecule has 9 heteroatoms. The number of ether oxygens (including phenoxy) is 3. The first-order valence-electron chi connectivity index (χ1n) is 10.7. The van der Waals surface area contributed by atoms with E-state index in [2.05, 4.69) is 4.98 Å². The van der Waals surface area contributed by atoms with Crippen molar-refractivity contribution in [3.05, 3.63) is 81.0 Å². The van der Waals surface area contributed by atoms with Crippen molar-refractivity contribution in [3.63, 3.8) is 0 Å². The van der Waals surface area contributed by atoms with Crippen LogP contribution in [-0.4, -0.2) is 50.1 Å². The van der Waals surface area contributed by atoms with E-state index in [1.807, 2.05) is 59.5 Å². The summed E-state index contributed by atoms with van der Waals surface area (Å²) >= 11 is 0. The maximum absolute atomic E-state index is 12.8. The molecule has 0 aliphatic heterocycles. The third kappa shape index (κ3) is 6.39. The molecule has 33 heavy (non-hydrogen) atoms. The lowest BCUT2D eigenvalue weighted by Gasteiger charge is -2.26. The van der Waals surface area contributed by atoms with Crippen LogP contribution in [0.4, 0.5) is 11.5 Å². The zero-order chi connectivity index (χ0) is 23.6. The predicted octanol–water partition coefficient (Wildman–Crippen LogP) is 2.10. The summed E-state index contributed by atoms with van der Waals surface area (Å²) in [5.41, 5.74) is 6.45. The summed E-state index contributed by atoms with van der Waals surface area (Å²) in [6.45, 7) is 2.00. The van der Waals surface area contributed by atoms with Gasteiger partial charge < -0.3 is 24.8 Å². The lowest BCUT2D eigenvalue weighted by Crippen LogP contribution is -2.40. The third-order valence-corrected chi connectivity index (χ3v) is 5.18. The van der Waals surface area contributed by atoms with Crippen LogP contribution in [0.25, 0.3) is 0 Å². The Morgan fingerprint density at radius 2 is 1.64 bits per heavy atom. The highest BCUT2D eigenvalue weighted by Gasteiger charge is 2.19. The molecule has 0 unspecified atom stereocenters. The fourth-order valence-corrected chi connectivity index (χ4v) is 3.49. The van der Waals surface area contributed by atoms with E-state index >= 15 is 0 Å². The number of hydrogen-bond donors (Lipinski definition) is 2. The van der Waals surface area contributed by atoms with Gasteiger partial charge >= 0.3 is 5.69 Å². The number of methoxy groups -OCH3 is 2. The molecule has 0 saturated heterocycles. The topological polar surface area (TPSA) is 112 Å². The molecule has 3 rings (SSSR count). The van der Waals surface area contributed by atoms with Gasteiger partial charge in [-0.2, -0.15) is 0 Å². The highest BCUT2D eigenvalue weighted by Crippen LogP contribution is 2.20. The molecule has 3 N–H and O–H groups in total. The van der Waals surface area contributed by atoms with Crippen molar-refractivity contribution < 1.29 is 14.2 Å². The molecule has 0 aliphatic carbocycles. The first kappa shape index (κ1) is 23.9. The number of anilines is 2. The van der Waals surface area contributed by atoms with E-state index in [1.165, 1.54) is 4.57 Å². The molecule has 0 radical (unpaired) electrons. The summed E-state index contributed by atoms with van der Waals surface area (Å²) < 4.78 is 17.5. The zero-order valence-electron chi connectivity index (χ0n) is 19.0. The van der Waals surface area contributed by atoms with Crippen molar-refractivity contribution in [3.8, 4) is 11.5 Å². The van der Waals surface area contributed by atoms with Gasteiger partial charge in [0.05, 0.1) is 20.2 Å². The van der Waals surface area contributed by atoms with Crippen LogP contribution in [0.15, 0.2) is 64.2 Å². The van der Waals surface area contributed by atoms with Crippen LogP contribution in [0.1, 0.15) is 12.0 Å². The van der Waals surface area contributed by atoms with Gasteiger partial charge in [-0.15, -0.1) is 0 Å². The number of nitrogen functional groups attached to an aromatic ring is 1. The molecule has 9 nitrogen and oxygen atoms in total. The fourth-order valence-electron chi connectivity index (χ4n) is 3.49. The Kier molecular flexibility index (Phi) is 8.54. The lowest BCUT2D eigenvalue weighted by molar-refractivity contribution is 0.195. The number of rotatable bonds is 12. The van der Waals surface area contributed by atoms with Gasteiger partial charge in [0.2, 0.25) is 0 Å². The SMILES string of the molecule is COCCCN(CCOc1ccc(OC)cc1)c1c(N)n(Cc2ccccc2)c(=O)[nH]c1=O. The van der Waals surface area contributed by atoms with Crippen molar-refractivity contribution in [2.75, 3.05) is 51.2 Å². The van der Waals surface area contributed by atoms with E-state index in [9.17, 15) is 9.59 Å². The van der Waals surface area contributed by atoms with E-state index in [-0.39, 0.29) is 18.1 Å². The van der Waals surface area contributed by atoms with Crippen molar-refractivity contribution in [2.24, 2.45) is 0 Å². The number of H-pyrrole nitrogens is 1. The standard InChI is InChI=1S/C24H30N4O5/c1-31-15-6-13-27(14-16-33-20-11-9-19(32-2)10-12-20)21-22(25)28(24(30)26-23(21)29)17-18-7-4-3-5-8-18/h3-5,7-12H,6,13-17,25H2,1-2H3,(H,26,29,30). The number of hydrogen-bond acceptors (Lipinski definition) is 7. The minimum absolute atomic E-state index is 0.120. The minimum atomic E-state index is -0.545. The number of aromatic amines is 1. The van der Waals surface area contributed by atoms with Gasteiger partial charge in [0.15, 0.2) is 0 Å². The van der Waals surface area contributed by atoms with Crippen molar-refractivity contribution >= 4 is 11.5 Å². The predicted molar refractivity (Wildman–Crippen MR) is 128 cm³/mol. The van der Waals surface area contributed by atoms with Gasteiger partial charge in [-0.3, -0.25) is 14.3 Å². The smallest absolute Gasteiger partial charge is 0.330 e. The number of benzene rings is 2. The first-order valence-corrected chi connectivity index (χ1v) is 10.7. The second-order valence-electron chi connectivity index (χ2n) is 7.42. The fraction of sp³-hybridized carbons (Fsp3) is 0.333. The third-order valence-electron chi connectivity index (χ3n) is 5.18. The van der Waals surface area contributed by atoms with Crippen LogP contribution >= 0.6 is 0 Å². The Hall–Kier alpha value is -3.72. The Labute approximate surface area is 192 Å². The van der Waals surface area contributed by atoms with Crippen LogP contribution < -0.4 is 31.4 Å². The maximum atomic E-state index is 12.8. The average Bonchev–Trinajstić information content (AvgIpc) is 2.82.